The molecule has 4 heteroatoms. The zero-order valence-corrected chi connectivity index (χ0v) is 22.1. The van der Waals surface area contributed by atoms with Crippen LogP contribution in [0.5, 0.6) is 0 Å². The van der Waals surface area contributed by atoms with Gasteiger partial charge in [-0.1, -0.05) is 91.0 Å². The van der Waals surface area contributed by atoms with Gasteiger partial charge in [-0.3, -0.25) is 12.2 Å². The molecule has 1 N–H and O–H groups in total. The van der Waals surface area contributed by atoms with Crippen LogP contribution in [0.25, 0.3) is 0 Å². The maximum atomic E-state index is 11.6. The Bertz CT molecular complexity index is 861. The van der Waals surface area contributed by atoms with E-state index in [0.29, 0.717) is 0 Å². The zero-order chi connectivity index (χ0) is 20.9. The Morgan fingerprint density at radius 2 is 0.875 bits per heavy atom. The molecule has 0 saturated carbocycles. The second kappa shape index (κ2) is 15.7. The molecule has 0 amide bonds. The van der Waals surface area contributed by atoms with Gasteiger partial charge in [0, 0.05) is 0 Å². The molecule has 2 aliphatic carbocycles. The molecule has 0 fully saturated rings. The maximum Gasteiger partial charge on any atom is 3.00 e. The van der Waals surface area contributed by atoms with Gasteiger partial charge < -0.3 is 17.2 Å². The van der Waals surface area contributed by atoms with Gasteiger partial charge in [-0.2, -0.15) is 12.2 Å². The van der Waals surface area contributed by atoms with Crippen molar-refractivity contribution in [3.63, 3.8) is 0 Å². The first-order valence-electron chi connectivity index (χ1n) is 10.1. The van der Waals surface area contributed by atoms with Crippen molar-refractivity contribution in [2.75, 3.05) is 0 Å². The molecule has 0 spiro atoms. The summed E-state index contributed by atoms with van der Waals surface area (Å²) in [5, 5.41) is 3.03. The van der Waals surface area contributed by atoms with E-state index in [1.807, 2.05) is 115 Å². The first-order valence-corrected chi connectivity index (χ1v) is 12.1. The van der Waals surface area contributed by atoms with Gasteiger partial charge in [0.1, 0.15) is 0 Å². The van der Waals surface area contributed by atoms with Crippen LogP contribution in [-0.2, 0) is 26.2 Å². The largest absolute Gasteiger partial charge is 3.00 e. The SMILES string of the molecule is O[Si](c1ccccc1)(c1ccccc1)c1ccccc1.[C-]1=CC=CC1.[C-]1=CC=CC1.[Cl-].[Zr+3]. The second-order valence-corrected chi connectivity index (χ2v) is 9.97. The molecule has 0 unspecified atom stereocenters. The average molecular weight is 533 g/mol. The monoisotopic (exact) mass is 531 g/mol. The fourth-order valence-corrected chi connectivity index (χ4v) is 6.24. The molecule has 0 aromatic heterocycles. The van der Waals surface area contributed by atoms with E-state index >= 15 is 0 Å². The third-order valence-corrected chi connectivity index (χ3v) is 8.25. The molecule has 0 bridgehead atoms. The summed E-state index contributed by atoms with van der Waals surface area (Å²) < 4.78 is 0. The predicted octanol–water partition coefficient (Wildman–Crippen LogP) is 1.26. The molecule has 5 rings (SSSR count). The van der Waals surface area contributed by atoms with Gasteiger partial charge in [-0.25, -0.2) is 24.3 Å². The summed E-state index contributed by atoms with van der Waals surface area (Å²) in [4.78, 5) is 11.6. The fraction of sp³-hybridized carbons (Fsp3) is 0.0714. The summed E-state index contributed by atoms with van der Waals surface area (Å²) in [5.41, 5.74) is 0. The number of rotatable bonds is 3. The van der Waals surface area contributed by atoms with Gasteiger partial charge in [0.25, 0.3) is 8.32 Å². The molecule has 3 aromatic rings. The van der Waals surface area contributed by atoms with Crippen LogP contribution >= 0.6 is 0 Å². The summed E-state index contributed by atoms with van der Waals surface area (Å²) in [6.45, 7) is 0. The Morgan fingerprint density at radius 3 is 1.06 bits per heavy atom. The van der Waals surface area contributed by atoms with E-state index in [-0.39, 0.29) is 38.6 Å². The van der Waals surface area contributed by atoms with Crippen molar-refractivity contribution >= 4 is 23.9 Å². The Morgan fingerprint density at radius 1 is 0.562 bits per heavy atom. The van der Waals surface area contributed by atoms with Gasteiger partial charge >= 0.3 is 26.2 Å². The van der Waals surface area contributed by atoms with Gasteiger partial charge in [0.15, 0.2) is 0 Å². The molecule has 3 aromatic carbocycles. The summed E-state index contributed by atoms with van der Waals surface area (Å²) in [5.74, 6) is 0. The van der Waals surface area contributed by atoms with E-state index in [2.05, 4.69) is 24.3 Å². The van der Waals surface area contributed by atoms with Crippen LogP contribution in [0.4, 0.5) is 0 Å². The predicted molar refractivity (Wildman–Crippen MR) is 129 cm³/mol. The average Bonchev–Trinajstić information content (AvgIpc) is 3.60. The number of allylic oxidation sites excluding steroid dienone is 8. The van der Waals surface area contributed by atoms with Crippen molar-refractivity contribution < 1.29 is 43.4 Å². The quantitative estimate of drug-likeness (QED) is 0.306. The van der Waals surface area contributed by atoms with Crippen LogP contribution in [-0.4, -0.2) is 13.1 Å². The van der Waals surface area contributed by atoms with Gasteiger partial charge in [0.2, 0.25) is 0 Å². The van der Waals surface area contributed by atoms with E-state index in [1.54, 1.807) is 0 Å². The zero-order valence-electron chi connectivity index (χ0n) is 17.9. The van der Waals surface area contributed by atoms with E-state index < -0.39 is 8.32 Å². The molecule has 159 valence electrons. The van der Waals surface area contributed by atoms with E-state index in [0.717, 1.165) is 28.4 Å². The molecular weight excluding hydrogens is 507 g/mol. The number of hydrogen-bond donors (Lipinski definition) is 1. The first-order chi connectivity index (χ1) is 14.8. The second-order valence-electron chi connectivity index (χ2n) is 6.81. The van der Waals surface area contributed by atoms with E-state index in [9.17, 15) is 4.80 Å². The minimum absolute atomic E-state index is 0. The summed E-state index contributed by atoms with van der Waals surface area (Å²) in [6, 6.07) is 30.0. The van der Waals surface area contributed by atoms with Gasteiger partial charge in [0.05, 0.1) is 0 Å². The smallest absolute Gasteiger partial charge is 1.00 e. The van der Waals surface area contributed by atoms with Crippen molar-refractivity contribution in [1.29, 1.82) is 0 Å². The molecule has 32 heavy (non-hydrogen) atoms. The van der Waals surface area contributed by atoms with Crippen molar-refractivity contribution in [1.82, 2.24) is 0 Å². The third kappa shape index (κ3) is 8.15. The first kappa shape index (κ1) is 28.0. The molecule has 2 aliphatic rings. The minimum Gasteiger partial charge on any atom is -1.00 e. The molecular formula is C28H26ClOSiZr. The van der Waals surface area contributed by atoms with Crippen molar-refractivity contribution in [2.24, 2.45) is 0 Å². The van der Waals surface area contributed by atoms with Crippen LogP contribution in [0, 0.1) is 12.2 Å². The van der Waals surface area contributed by atoms with Crippen LogP contribution in [0.3, 0.4) is 0 Å². The molecule has 0 heterocycles. The van der Waals surface area contributed by atoms with Crippen LogP contribution in [0.1, 0.15) is 12.8 Å². The summed E-state index contributed by atoms with van der Waals surface area (Å²) in [6.07, 6.45) is 20.0. The molecule has 0 saturated heterocycles. The Labute approximate surface area is 218 Å². The molecule has 1 nitrogen and oxygen atoms in total. The molecule has 0 atom stereocenters. The van der Waals surface area contributed by atoms with E-state index in [1.165, 1.54) is 0 Å². The van der Waals surface area contributed by atoms with Crippen LogP contribution < -0.4 is 28.0 Å². The summed E-state index contributed by atoms with van der Waals surface area (Å²) in [7, 11) is -2.88. The number of hydrogen-bond acceptors (Lipinski definition) is 1. The molecule has 1 radical (unpaired) electrons. The summed E-state index contributed by atoms with van der Waals surface area (Å²) >= 11 is 0. The van der Waals surface area contributed by atoms with Crippen molar-refractivity contribution in [3.05, 3.63) is 140 Å². The normalized spacial score (nSPS) is 12.5. The Kier molecular flexibility index (Phi) is 13.8. The number of benzene rings is 3. The van der Waals surface area contributed by atoms with Crippen LogP contribution in [0.15, 0.2) is 127 Å². The van der Waals surface area contributed by atoms with Crippen molar-refractivity contribution in [2.45, 2.75) is 12.8 Å². The number of halogens is 1. The molecule has 0 aliphatic heterocycles. The minimum atomic E-state index is -2.88. The van der Waals surface area contributed by atoms with E-state index in [4.69, 9.17) is 0 Å². The topological polar surface area (TPSA) is 20.2 Å². The van der Waals surface area contributed by atoms with Gasteiger partial charge in [-0.05, 0) is 15.6 Å². The van der Waals surface area contributed by atoms with Gasteiger partial charge in [-0.15, -0.1) is 12.8 Å². The maximum absolute atomic E-state index is 11.6. The third-order valence-electron chi connectivity index (χ3n) is 4.75. The Balaban J connectivity index is 0.000000353. The standard InChI is InChI=1S/C18H16OSi.2C5H5.ClH.Zr/c19-20(16-10-4-1-5-11-16,17-12-6-2-7-13-17)18-14-8-3-9-15-18;2*1-2-4-5-3-1;;/h1-15,19H;2*1-3H,4H2;1H;/q;2*-1;;+3/p-1. The fourth-order valence-electron chi connectivity index (χ4n) is 3.22. The van der Waals surface area contributed by atoms with Crippen molar-refractivity contribution in [3.8, 4) is 0 Å². The Hall–Kier alpha value is -2.03. The van der Waals surface area contributed by atoms with Crippen LogP contribution in [0.2, 0.25) is 0 Å².